The fourth-order valence-corrected chi connectivity index (χ4v) is 7.74. The summed E-state index contributed by atoms with van der Waals surface area (Å²) in [5.74, 6) is -1.01. The van der Waals surface area contributed by atoms with Gasteiger partial charge < -0.3 is 30.6 Å². The lowest BCUT2D eigenvalue weighted by Crippen LogP contribution is -2.61. The Bertz CT molecular complexity index is 2000. The highest BCUT2D eigenvalue weighted by Gasteiger charge is 2.44. The first-order chi connectivity index (χ1) is 27.4. The molecule has 5 N–H and O–H groups in total. The Morgan fingerprint density at radius 3 is 2.16 bits per heavy atom. The molecule has 1 fully saturated rings. The lowest BCUT2D eigenvalue weighted by molar-refractivity contribution is -0.133. The molecule has 0 radical (unpaired) electrons. The van der Waals surface area contributed by atoms with Crippen LogP contribution in [0.25, 0.3) is 11.3 Å². The van der Waals surface area contributed by atoms with Crippen LogP contribution in [-0.2, 0) is 29.1 Å². The fourth-order valence-electron chi connectivity index (χ4n) is 7.14. The molecule has 1 aliphatic rings. The molecule has 310 valence electrons. The molecule has 5 amide bonds. The number of hydrogen-bond acceptors (Lipinski definition) is 9. The van der Waals surface area contributed by atoms with Gasteiger partial charge in [-0.3, -0.25) is 20.0 Å². The van der Waals surface area contributed by atoms with E-state index in [1.165, 1.54) is 11.3 Å². The molecule has 3 heterocycles. The number of aliphatic hydroxyl groups is 1. The zero-order valence-electron chi connectivity index (χ0n) is 34.3. The second kappa shape index (κ2) is 18.9. The number of nitrogens with zero attached hydrogens (tertiary/aromatic N) is 5. The van der Waals surface area contributed by atoms with Gasteiger partial charge in [-0.2, -0.15) is 0 Å². The second-order valence-electron chi connectivity index (χ2n) is 16.9. The van der Waals surface area contributed by atoms with Gasteiger partial charge in [-0.25, -0.2) is 19.6 Å². The molecule has 0 bridgehead atoms. The molecule has 5 rings (SSSR count). The molecular weight excluding hydrogens is 757 g/mol. The van der Waals surface area contributed by atoms with Crippen molar-refractivity contribution in [3.8, 4) is 11.3 Å². The van der Waals surface area contributed by atoms with Gasteiger partial charge in [0.25, 0.3) is 5.91 Å². The van der Waals surface area contributed by atoms with Crippen LogP contribution in [0.5, 0.6) is 0 Å². The van der Waals surface area contributed by atoms with Gasteiger partial charge in [-0.1, -0.05) is 102 Å². The molecular formula is C43H56N8O6S. The monoisotopic (exact) mass is 812 g/mol. The van der Waals surface area contributed by atoms with E-state index in [0.29, 0.717) is 19.6 Å². The Hall–Kier alpha value is -5.38. The number of aromatic nitrogens is 2. The van der Waals surface area contributed by atoms with Crippen LogP contribution in [0.4, 0.5) is 9.59 Å². The summed E-state index contributed by atoms with van der Waals surface area (Å²) in [7, 11) is 0. The smallest absolute Gasteiger partial charge is 0.405 e. The largest absolute Gasteiger partial charge is 0.465 e. The number of hydrazine groups is 1. The number of hydrogen-bond donors (Lipinski definition) is 5. The van der Waals surface area contributed by atoms with Crippen molar-refractivity contribution in [3.05, 3.63) is 106 Å². The number of urea groups is 1. The van der Waals surface area contributed by atoms with E-state index in [9.17, 15) is 29.4 Å². The number of rotatable bonds is 16. The molecule has 1 aliphatic heterocycles. The van der Waals surface area contributed by atoms with Crippen molar-refractivity contribution < 1.29 is 29.4 Å². The van der Waals surface area contributed by atoms with Crippen LogP contribution < -0.4 is 16.1 Å². The fraction of sp³-hybridized carbons (Fsp3) is 0.442. The molecule has 0 unspecified atom stereocenters. The second-order valence-corrected chi connectivity index (χ2v) is 18.0. The van der Waals surface area contributed by atoms with E-state index in [1.54, 1.807) is 41.8 Å². The number of aryl methyl sites for hydroxylation is 1. The zero-order chi connectivity index (χ0) is 42.2. The van der Waals surface area contributed by atoms with Crippen molar-refractivity contribution >= 4 is 35.3 Å². The summed E-state index contributed by atoms with van der Waals surface area (Å²) >= 11 is 1.52. The van der Waals surface area contributed by atoms with Crippen molar-refractivity contribution in [1.29, 1.82) is 0 Å². The van der Waals surface area contributed by atoms with Gasteiger partial charge in [-0.05, 0) is 47.4 Å². The third-order valence-corrected chi connectivity index (χ3v) is 10.8. The number of carbonyl (C=O) groups is 4. The van der Waals surface area contributed by atoms with E-state index in [0.717, 1.165) is 33.1 Å². The molecule has 15 heteroatoms. The van der Waals surface area contributed by atoms with Crippen LogP contribution >= 0.6 is 11.3 Å². The van der Waals surface area contributed by atoms with Crippen molar-refractivity contribution in [3.63, 3.8) is 0 Å². The predicted molar refractivity (Wildman–Crippen MR) is 223 cm³/mol. The highest BCUT2D eigenvalue weighted by molar-refractivity contribution is 7.09. The van der Waals surface area contributed by atoms with Crippen LogP contribution in [0, 0.1) is 17.8 Å². The number of carbonyl (C=O) groups excluding carboxylic acids is 3. The number of benzene rings is 2. The van der Waals surface area contributed by atoms with E-state index in [4.69, 9.17) is 0 Å². The molecule has 14 nitrogen and oxygen atoms in total. The lowest BCUT2D eigenvalue weighted by atomic mass is 9.84. The Morgan fingerprint density at radius 2 is 1.57 bits per heavy atom. The highest BCUT2D eigenvalue weighted by Crippen LogP contribution is 2.29. The summed E-state index contributed by atoms with van der Waals surface area (Å²) < 4.78 is 0. The maximum absolute atomic E-state index is 14.5. The molecule has 0 aliphatic carbocycles. The van der Waals surface area contributed by atoms with Crippen LogP contribution in [0.15, 0.2) is 84.4 Å². The summed E-state index contributed by atoms with van der Waals surface area (Å²) in [6.07, 6.45) is -0.615. The average Bonchev–Trinajstić information content (AvgIpc) is 3.73. The van der Waals surface area contributed by atoms with Gasteiger partial charge in [0, 0.05) is 43.3 Å². The average molecular weight is 813 g/mol. The standard InChI is InChI=1S/C43H56N8O6S/c1-28-45-32(27-58-28)25-49-21-22-51(41(49)57)37(43(5,6)7)39(54)46-34(23-29-13-9-8-10-14-29)35(52)26-50(48-38(53)36(42(2,3)4)47-40(55)56)24-30-16-18-31(19-17-30)33-15-11-12-20-44-33/h8-20,27,34-37,47,52H,21-26H2,1-7H3,(H,46,54)(H,48,53)(H,55,56)/t34-,35-,36+,37+/m0/s1. The molecule has 1 saturated heterocycles. The number of nitrogens with one attached hydrogen (secondary N) is 3. The van der Waals surface area contributed by atoms with Crippen LogP contribution in [0.2, 0.25) is 0 Å². The normalized spacial score (nSPS) is 15.5. The van der Waals surface area contributed by atoms with Gasteiger partial charge in [0.15, 0.2) is 0 Å². The zero-order valence-corrected chi connectivity index (χ0v) is 35.1. The Morgan fingerprint density at radius 1 is 0.879 bits per heavy atom. The third kappa shape index (κ3) is 11.8. The topological polar surface area (TPSA) is 180 Å². The van der Waals surface area contributed by atoms with Gasteiger partial charge in [0.05, 0.1) is 35.1 Å². The molecule has 0 saturated carbocycles. The minimum absolute atomic E-state index is 0.140. The molecule has 4 aromatic rings. The van der Waals surface area contributed by atoms with E-state index in [1.807, 2.05) is 106 Å². The number of aliphatic hydroxyl groups excluding tert-OH is 1. The maximum atomic E-state index is 14.5. The Balaban J connectivity index is 1.41. The van der Waals surface area contributed by atoms with Crippen molar-refractivity contribution in [2.75, 3.05) is 19.6 Å². The molecule has 58 heavy (non-hydrogen) atoms. The quantitative estimate of drug-likeness (QED) is 0.0918. The number of carboxylic acid groups (broad SMARTS) is 1. The number of thiazole rings is 1. The van der Waals surface area contributed by atoms with Crippen molar-refractivity contribution in [2.24, 2.45) is 10.8 Å². The first-order valence-electron chi connectivity index (χ1n) is 19.4. The predicted octanol–water partition coefficient (Wildman–Crippen LogP) is 5.47. The number of pyridine rings is 1. The first kappa shape index (κ1) is 43.7. The van der Waals surface area contributed by atoms with E-state index >= 15 is 0 Å². The van der Waals surface area contributed by atoms with Crippen molar-refractivity contribution in [1.82, 2.24) is 40.8 Å². The van der Waals surface area contributed by atoms with E-state index in [2.05, 4.69) is 26.0 Å². The Labute approximate surface area is 344 Å². The summed E-state index contributed by atoms with van der Waals surface area (Å²) in [4.78, 5) is 66.2. The molecule has 2 aromatic heterocycles. The summed E-state index contributed by atoms with van der Waals surface area (Å²) in [5, 5.41) is 31.5. The van der Waals surface area contributed by atoms with Crippen LogP contribution in [-0.4, -0.2) is 103 Å². The lowest BCUT2D eigenvalue weighted by Gasteiger charge is -2.38. The number of amides is 5. The molecule has 4 atom stereocenters. The highest BCUT2D eigenvalue weighted by atomic mass is 32.1. The van der Waals surface area contributed by atoms with Gasteiger partial charge >= 0.3 is 12.1 Å². The minimum Gasteiger partial charge on any atom is -0.465 e. The maximum Gasteiger partial charge on any atom is 0.405 e. The van der Waals surface area contributed by atoms with E-state index in [-0.39, 0.29) is 25.5 Å². The van der Waals surface area contributed by atoms with Gasteiger partial charge in [-0.15, -0.1) is 11.3 Å². The molecule has 2 aromatic carbocycles. The minimum atomic E-state index is -1.34. The van der Waals surface area contributed by atoms with Gasteiger partial charge in [0.1, 0.15) is 12.1 Å². The van der Waals surface area contributed by atoms with Crippen molar-refractivity contribution in [2.45, 2.75) is 92.2 Å². The van der Waals surface area contributed by atoms with Crippen LogP contribution in [0.1, 0.15) is 63.4 Å². The summed E-state index contributed by atoms with van der Waals surface area (Å²) in [6, 6.07) is 19.6. The first-order valence-corrected chi connectivity index (χ1v) is 20.3. The molecule has 0 spiro atoms. The summed E-state index contributed by atoms with van der Waals surface area (Å²) in [6.45, 7) is 14.0. The SMILES string of the molecule is Cc1nc(CN2CCN([C@H](C(=O)N[C@@H](Cc3ccccc3)[C@@H](O)CN(Cc3ccc(-c4ccccn4)cc3)NC(=O)[C@@H](NC(=O)O)C(C)(C)C)C(C)(C)C)C2=O)cs1. The Kier molecular flexibility index (Phi) is 14.3. The van der Waals surface area contributed by atoms with Gasteiger partial charge in [0.2, 0.25) is 5.91 Å². The summed E-state index contributed by atoms with van der Waals surface area (Å²) in [5.41, 5.74) is 5.57. The van der Waals surface area contributed by atoms with Crippen LogP contribution in [0.3, 0.4) is 0 Å². The van der Waals surface area contributed by atoms with E-state index < -0.39 is 53.0 Å². The third-order valence-electron chi connectivity index (χ3n) is 9.98.